The van der Waals surface area contributed by atoms with E-state index in [-0.39, 0.29) is 0 Å². The van der Waals surface area contributed by atoms with Crippen molar-refractivity contribution in [1.29, 1.82) is 0 Å². The number of allylic oxidation sites excluding steroid dienone is 4. The Kier molecular flexibility index (Phi) is 8.38. The van der Waals surface area contributed by atoms with Gasteiger partial charge in [-0.05, 0) is 159 Å². The topological polar surface area (TPSA) is 88.9 Å². The van der Waals surface area contributed by atoms with E-state index in [4.69, 9.17) is 9.97 Å². The fourth-order valence-electron chi connectivity index (χ4n) is 8.36. The Hall–Kier alpha value is -4.84. The Bertz CT molecular complexity index is 2470. The largest absolute Gasteiger partial charge is 0.355 e. The highest BCUT2D eigenvalue weighted by Crippen LogP contribution is 2.40. The lowest BCUT2D eigenvalue weighted by Crippen LogP contribution is -1.88. The van der Waals surface area contributed by atoms with Gasteiger partial charge in [0.15, 0.2) is 0 Å². The summed E-state index contributed by atoms with van der Waals surface area (Å²) in [7, 11) is 0. The number of aromatic nitrogens is 6. The lowest BCUT2D eigenvalue weighted by molar-refractivity contribution is 1.14. The van der Waals surface area contributed by atoms with Gasteiger partial charge in [0.25, 0.3) is 0 Å². The third-order valence-corrected chi connectivity index (χ3v) is 11.1. The van der Waals surface area contributed by atoms with Gasteiger partial charge in [-0.15, -0.1) is 0 Å². The number of aryl methyl sites for hydroxylation is 6. The van der Waals surface area contributed by atoms with Crippen LogP contribution in [0.1, 0.15) is 117 Å². The molecule has 12 bridgehead atoms. The number of hydrogen-bond donors (Lipinski definition) is 4. The summed E-state index contributed by atoms with van der Waals surface area (Å²) in [5.74, 6) is 0. The molecule has 0 radical (unpaired) electrons. The molecule has 49 heavy (non-hydrogen) atoms. The van der Waals surface area contributed by atoms with E-state index in [0.717, 1.165) is 88.0 Å². The smallest absolute Gasteiger partial charge is 0.0929 e. The summed E-state index contributed by atoms with van der Waals surface area (Å²) < 4.78 is 0. The highest BCUT2D eigenvalue weighted by atomic mass is 14.8. The van der Waals surface area contributed by atoms with Gasteiger partial charge in [-0.3, -0.25) is 0 Å². The summed E-state index contributed by atoms with van der Waals surface area (Å²) in [6.07, 6.45) is 4.66. The van der Waals surface area contributed by atoms with Crippen molar-refractivity contribution in [2.45, 2.75) is 101 Å². The van der Waals surface area contributed by atoms with Crippen molar-refractivity contribution in [3.8, 4) is 0 Å². The zero-order valence-corrected chi connectivity index (χ0v) is 30.9. The SMILES string of the molecule is CCC1=C(C)c2nc1cc1ccc(cc3[nH]c(c(C)c3CC)c3[nH]c(cc4[nH]c(cc5nc2C(C)=C5CC)c(CC)c4C)c(CC)c3C)[nH]1. The second-order valence-electron chi connectivity index (χ2n) is 13.7. The van der Waals surface area contributed by atoms with E-state index < -0.39 is 0 Å². The molecule has 2 aliphatic heterocycles. The third kappa shape index (κ3) is 5.24. The van der Waals surface area contributed by atoms with E-state index in [1.165, 1.54) is 66.7 Å². The quantitative estimate of drug-likeness (QED) is 0.152. The molecule has 252 valence electrons. The summed E-state index contributed by atoms with van der Waals surface area (Å²) in [6.45, 7) is 22.4. The van der Waals surface area contributed by atoms with Gasteiger partial charge < -0.3 is 19.9 Å². The predicted octanol–water partition coefficient (Wildman–Crippen LogP) is 11.7. The van der Waals surface area contributed by atoms with Gasteiger partial charge >= 0.3 is 0 Å². The molecular weight excluding hydrogens is 601 g/mol. The van der Waals surface area contributed by atoms with Gasteiger partial charge in [0, 0.05) is 33.1 Å². The molecule has 6 heteroatoms. The Morgan fingerprint density at radius 1 is 0.449 bits per heavy atom. The first kappa shape index (κ1) is 32.7. The molecule has 0 unspecified atom stereocenters. The molecule has 6 nitrogen and oxygen atoms in total. The number of fused-ring (bicyclic) bond motifs is 14. The monoisotopic (exact) mass is 650 g/mol. The van der Waals surface area contributed by atoms with E-state index in [1.807, 2.05) is 0 Å². The standard InChI is InChI=1S/C43H50N6/c1-11-29-22(6)34-20-38-32(14-4)25(9)42(48-38)40-23(7)30(12-2)35(46-40)18-27-16-17-28(44-27)19-36-31(13-3)24(8)41(47-36)43-26(10)33(15-5)39(49-43)21-37(29)45-34/h16-21,44-46,48H,11-15H2,1-10H3. The molecule has 5 aromatic rings. The highest BCUT2D eigenvalue weighted by molar-refractivity contribution is 5.99. The van der Waals surface area contributed by atoms with Gasteiger partial charge in [-0.1, -0.05) is 34.6 Å². The van der Waals surface area contributed by atoms with Crippen LogP contribution in [-0.4, -0.2) is 29.9 Å². The highest BCUT2D eigenvalue weighted by Gasteiger charge is 2.24. The molecule has 5 aromatic heterocycles. The van der Waals surface area contributed by atoms with Crippen LogP contribution in [0.25, 0.3) is 66.4 Å². The first-order valence-electron chi connectivity index (χ1n) is 18.2. The molecule has 0 spiro atoms. The lowest BCUT2D eigenvalue weighted by atomic mass is 9.99. The second kappa shape index (κ2) is 12.6. The van der Waals surface area contributed by atoms with Crippen LogP contribution in [0.3, 0.4) is 0 Å². The van der Waals surface area contributed by atoms with Crippen molar-refractivity contribution in [2.24, 2.45) is 0 Å². The Balaban J connectivity index is 1.66. The number of aromatic amines is 4. The summed E-state index contributed by atoms with van der Waals surface area (Å²) in [4.78, 5) is 25.8. The third-order valence-electron chi connectivity index (χ3n) is 11.1. The second-order valence-corrected chi connectivity index (χ2v) is 13.7. The van der Waals surface area contributed by atoms with Crippen molar-refractivity contribution < 1.29 is 0 Å². The fraction of sp³-hybridized carbons (Fsp3) is 0.349. The fourth-order valence-corrected chi connectivity index (χ4v) is 8.36. The summed E-state index contributed by atoms with van der Waals surface area (Å²) >= 11 is 0. The average Bonchev–Trinajstić information content (AvgIpc) is 3.91. The van der Waals surface area contributed by atoms with Crippen LogP contribution in [0.5, 0.6) is 0 Å². The maximum atomic E-state index is 5.33. The first-order valence-corrected chi connectivity index (χ1v) is 18.2. The van der Waals surface area contributed by atoms with E-state index in [1.54, 1.807) is 0 Å². The molecule has 0 atom stereocenters. The minimum atomic E-state index is 0.911. The van der Waals surface area contributed by atoms with Crippen LogP contribution in [0.2, 0.25) is 0 Å². The van der Waals surface area contributed by atoms with Gasteiger partial charge in [0.1, 0.15) is 0 Å². The summed E-state index contributed by atoms with van der Waals surface area (Å²) in [5.41, 5.74) is 26.0. The van der Waals surface area contributed by atoms with Crippen molar-refractivity contribution in [1.82, 2.24) is 29.9 Å². The predicted molar refractivity (Wildman–Crippen MR) is 210 cm³/mol. The minimum absolute atomic E-state index is 0.911. The van der Waals surface area contributed by atoms with Crippen LogP contribution in [0.4, 0.5) is 0 Å². The van der Waals surface area contributed by atoms with E-state index >= 15 is 0 Å². The van der Waals surface area contributed by atoms with Gasteiger partial charge in [-0.25, -0.2) is 9.97 Å². The van der Waals surface area contributed by atoms with Gasteiger partial charge in [0.05, 0.1) is 33.8 Å². The maximum absolute atomic E-state index is 5.33. The Morgan fingerprint density at radius 2 is 0.898 bits per heavy atom. The normalized spacial score (nSPS) is 13.3. The van der Waals surface area contributed by atoms with Crippen molar-refractivity contribution in [2.75, 3.05) is 0 Å². The van der Waals surface area contributed by atoms with Gasteiger partial charge in [-0.2, -0.15) is 0 Å². The summed E-state index contributed by atoms with van der Waals surface area (Å²) in [5, 5.41) is 0. The number of rotatable bonds is 5. The van der Waals surface area contributed by atoms with Crippen molar-refractivity contribution >= 4 is 66.4 Å². The van der Waals surface area contributed by atoms with Crippen molar-refractivity contribution in [3.05, 3.63) is 92.6 Å². The number of nitrogens with one attached hydrogen (secondary N) is 4. The molecule has 0 aliphatic carbocycles. The molecule has 0 amide bonds. The molecule has 0 aromatic carbocycles. The van der Waals surface area contributed by atoms with Crippen LogP contribution in [0, 0.1) is 20.8 Å². The van der Waals surface area contributed by atoms with Crippen LogP contribution in [-0.2, 0) is 19.3 Å². The maximum Gasteiger partial charge on any atom is 0.0929 e. The Labute approximate surface area is 289 Å². The number of nitrogens with zero attached hydrogens (tertiary/aromatic N) is 2. The van der Waals surface area contributed by atoms with Crippen LogP contribution >= 0.6 is 0 Å². The Morgan fingerprint density at radius 3 is 1.41 bits per heavy atom. The molecule has 7 rings (SSSR count). The minimum Gasteiger partial charge on any atom is -0.355 e. The van der Waals surface area contributed by atoms with Crippen LogP contribution in [0.15, 0.2) is 36.4 Å². The zero-order valence-electron chi connectivity index (χ0n) is 30.9. The lowest BCUT2D eigenvalue weighted by Gasteiger charge is -2.02. The zero-order chi connectivity index (χ0) is 34.7. The molecule has 2 aliphatic rings. The molecular formula is C43H50N6. The van der Waals surface area contributed by atoms with E-state index in [2.05, 4.69) is 126 Å². The van der Waals surface area contributed by atoms with E-state index in [0.29, 0.717) is 0 Å². The summed E-state index contributed by atoms with van der Waals surface area (Å²) in [6, 6.07) is 13.4. The molecule has 0 saturated heterocycles. The van der Waals surface area contributed by atoms with E-state index in [9.17, 15) is 0 Å². The molecule has 4 N–H and O–H groups in total. The van der Waals surface area contributed by atoms with Gasteiger partial charge in [0.2, 0.25) is 0 Å². The number of hydrogen-bond acceptors (Lipinski definition) is 2. The van der Waals surface area contributed by atoms with Crippen LogP contribution < -0.4 is 0 Å². The number of H-pyrrole nitrogens is 4. The molecule has 7 heterocycles. The van der Waals surface area contributed by atoms with Crippen molar-refractivity contribution in [3.63, 3.8) is 0 Å². The average molecular weight is 651 g/mol. The molecule has 0 fully saturated rings. The molecule has 0 saturated carbocycles. The first-order chi connectivity index (χ1) is 23.6.